The Hall–Kier alpha value is -3.97. The van der Waals surface area contributed by atoms with Crippen LogP contribution < -0.4 is 19.2 Å². The van der Waals surface area contributed by atoms with E-state index in [0.29, 0.717) is 18.8 Å². The highest BCUT2D eigenvalue weighted by molar-refractivity contribution is 7.63. The number of anilines is 2. The SMILES string of the molecule is CCCCOC(=O)C(Cc1ccc(OP2(=O)N(c3ccccc3)CCN2c2ccccc2)cc1)NC(=O)OC(C)(C)C. The molecule has 1 aliphatic heterocycles. The molecule has 1 amide bonds. The molecule has 0 saturated carbocycles. The van der Waals surface area contributed by atoms with Gasteiger partial charge in [0, 0.05) is 30.9 Å². The topological polar surface area (TPSA) is 97.4 Å². The summed E-state index contributed by atoms with van der Waals surface area (Å²) in [7, 11) is -3.55. The fourth-order valence-corrected chi connectivity index (χ4v) is 6.93. The number of hydrogen-bond donors (Lipinski definition) is 1. The lowest BCUT2D eigenvalue weighted by Gasteiger charge is -2.31. The van der Waals surface area contributed by atoms with Gasteiger partial charge in [-0.2, -0.15) is 0 Å². The van der Waals surface area contributed by atoms with Crippen LogP contribution >= 0.6 is 7.67 Å². The molecular weight excluding hydrogens is 553 g/mol. The first-order chi connectivity index (χ1) is 20.1. The molecule has 4 rings (SSSR count). The third kappa shape index (κ3) is 8.07. The van der Waals surface area contributed by atoms with Crippen molar-refractivity contribution in [1.82, 2.24) is 5.32 Å². The number of alkyl carbamates (subject to hydrolysis) is 1. The van der Waals surface area contributed by atoms with Gasteiger partial charge < -0.3 is 19.3 Å². The molecule has 224 valence electrons. The zero-order valence-corrected chi connectivity index (χ0v) is 25.6. The maximum atomic E-state index is 14.7. The van der Waals surface area contributed by atoms with Crippen LogP contribution in [0.1, 0.15) is 46.1 Å². The molecule has 0 aromatic heterocycles. The number of nitrogens with zero attached hydrogens (tertiary/aromatic N) is 2. The number of esters is 1. The zero-order valence-electron chi connectivity index (χ0n) is 24.7. The zero-order chi connectivity index (χ0) is 30.2. The summed E-state index contributed by atoms with van der Waals surface area (Å²) >= 11 is 0. The number of ether oxygens (including phenoxy) is 2. The Morgan fingerprint density at radius 3 is 1.93 bits per heavy atom. The maximum Gasteiger partial charge on any atom is 0.449 e. The lowest BCUT2D eigenvalue weighted by Crippen LogP contribution is -2.45. The van der Waals surface area contributed by atoms with E-state index in [2.05, 4.69) is 5.32 Å². The van der Waals surface area contributed by atoms with Gasteiger partial charge in [0.25, 0.3) is 0 Å². The summed E-state index contributed by atoms with van der Waals surface area (Å²) in [5.74, 6) is -0.102. The van der Waals surface area contributed by atoms with Gasteiger partial charge in [-0.05, 0) is 69.2 Å². The van der Waals surface area contributed by atoms with Crippen molar-refractivity contribution < 1.29 is 28.2 Å². The number of benzene rings is 3. The van der Waals surface area contributed by atoms with Gasteiger partial charge >= 0.3 is 19.7 Å². The van der Waals surface area contributed by atoms with Gasteiger partial charge in [-0.1, -0.05) is 61.9 Å². The number of para-hydroxylation sites is 2. The Labute approximate surface area is 248 Å². The summed E-state index contributed by atoms with van der Waals surface area (Å²) in [6.07, 6.45) is 1.11. The summed E-state index contributed by atoms with van der Waals surface area (Å²) in [4.78, 5) is 25.3. The first-order valence-electron chi connectivity index (χ1n) is 14.3. The molecule has 1 aliphatic rings. The van der Waals surface area contributed by atoms with Gasteiger partial charge in [0.2, 0.25) is 0 Å². The van der Waals surface area contributed by atoms with Crippen LogP contribution in [0.2, 0.25) is 0 Å². The average molecular weight is 594 g/mol. The Bertz CT molecular complexity index is 1310. The summed E-state index contributed by atoms with van der Waals surface area (Å²) in [6.45, 7) is 8.62. The van der Waals surface area contributed by atoms with E-state index in [1.807, 2.05) is 76.9 Å². The standard InChI is InChI=1S/C32H40N3O6P/c1-5-6-23-39-30(36)29(33-31(37)40-32(2,3)4)24-25-17-19-28(20-18-25)41-42(38)34(26-13-9-7-10-14-26)21-22-35(42)27-15-11-8-12-16-27/h7-20,29H,5-6,21-24H2,1-4H3,(H,33,37). The molecule has 1 N–H and O–H groups in total. The number of hydrogen-bond acceptors (Lipinski definition) is 6. The first-order valence-corrected chi connectivity index (χ1v) is 15.8. The number of carbonyl (C=O) groups excluding carboxylic acids is 2. The van der Waals surface area contributed by atoms with Gasteiger partial charge in [0.05, 0.1) is 6.61 Å². The fraction of sp³-hybridized carbons (Fsp3) is 0.375. The molecule has 0 spiro atoms. The van der Waals surface area contributed by atoms with Crippen molar-refractivity contribution >= 4 is 31.1 Å². The molecule has 1 unspecified atom stereocenters. The Morgan fingerprint density at radius 1 is 0.881 bits per heavy atom. The third-order valence-corrected chi connectivity index (χ3v) is 9.08. The van der Waals surface area contributed by atoms with Crippen molar-refractivity contribution in [3.63, 3.8) is 0 Å². The molecule has 1 heterocycles. The number of amides is 1. The minimum atomic E-state index is -3.55. The van der Waals surface area contributed by atoms with Crippen LogP contribution in [0.4, 0.5) is 16.2 Å². The second-order valence-electron chi connectivity index (χ2n) is 11.1. The molecule has 0 aliphatic carbocycles. The third-order valence-electron chi connectivity index (χ3n) is 6.55. The summed E-state index contributed by atoms with van der Waals surface area (Å²) < 4.78 is 35.4. The summed E-state index contributed by atoms with van der Waals surface area (Å²) in [6, 6.07) is 25.3. The molecule has 3 aromatic rings. The lowest BCUT2D eigenvalue weighted by molar-refractivity contribution is -0.146. The van der Waals surface area contributed by atoms with Crippen LogP contribution in [0.5, 0.6) is 5.75 Å². The van der Waals surface area contributed by atoms with Crippen LogP contribution in [0.25, 0.3) is 0 Å². The van der Waals surface area contributed by atoms with E-state index in [4.69, 9.17) is 14.0 Å². The number of nitrogens with one attached hydrogen (secondary N) is 1. The van der Waals surface area contributed by atoms with Crippen molar-refractivity contribution in [2.24, 2.45) is 0 Å². The quantitative estimate of drug-likeness (QED) is 0.145. The van der Waals surface area contributed by atoms with Crippen molar-refractivity contribution in [2.45, 2.75) is 58.6 Å². The highest BCUT2D eigenvalue weighted by Gasteiger charge is 2.46. The van der Waals surface area contributed by atoms with E-state index >= 15 is 0 Å². The monoisotopic (exact) mass is 593 g/mol. The van der Waals surface area contributed by atoms with Gasteiger partial charge in [-0.25, -0.2) is 14.2 Å². The molecular formula is C32H40N3O6P. The van der Waals surface area contributed by atoms with Crippen LogP contribution in [0.3, 0.4) is 0 Å². The van der Waals surface area contributed by atoms with Crippen LogP contribution in [0.15, 0.2) is 84.9 Å². The molecule has 10 heteroatoms. The van der Waals surface area contributed by atoms with Crippen molar-refractivity contribution in [3.05, 3.63) is 90.5 Å². The molecule has 0 radical (unpaired) electrons. The van der Waals surface area contributed by atoms with Gasteiger partial charge in [-0.3, -0.25) is 9.34 Å². The van der Waals surface area contributed by atoms with Gasteiger partial charge in [-0.15, -0.1) is 0 Å². The number of rotatable bonds is 11. The molecule has 3 aromatic carbocycles. The maximum absolute atomic E-state index is 14.7. The molecule has 1 saturated heterocycles. The average Bonchev–Trinajstić information content (AvgIpc) is 3.30. The van der Waals surface area contributed by atoms with E-state index < -0.39 is 31.4 Å². The van der Waals surface area contributed by atoms with E-state index in [0.717, 1.165) is 29.8 Å². The second kappa shape index (κ2) is 13.8. The van der Waals surface area contributed by atoms with Crippen LogP contribution in [0, 0.1) is 0 Å². The normalized spacial score (nSPS) is 15.1. The number of unbranched alkanes of at least 4 members (excludes halogenated alkanes) is 1. The van der Waals surface area contributed by atoms with Crippen LogP contribution in [-0.2, 0) is 25.3 Å². The minimum absolute atomic E-state index is 0.189. The van der Waals surface area contributed by atoms with E-state index in [-0.39, 0.29) is 13.0 Å². The highest BCUT2D eigenvalue weighted by Crippen LogP contribution is 2.60. The van der Waals surface area contributed by atoms with Crippen molar-refractivity contribution in [2.75, 3.05) is 29.0 Å². The number of carbonyl (C=O) groups is 2. The first kappa shape index (κ1) is 31.0. The van der Waals surface area contributed by atoms with E-state index in [1.54, 1.807) is 45.0 Å². The minimum Gasteiger partial charge on any atom is -0.464 e. The Balaban J connectivity index is 1.53. The Kier molecular flexibility index (Phi) is 10.2. The molecule has 42 heavy (non-hydrogen) atoms. The fourth-order valence-electron chi connectivity index (χ4n) is 4.54. The van der Waals surface area contributed by atoms with Crippen LogP contribution in [-0.4, -0.2) is 43.4 Å². The van der Waals surface area contributed by atoms with Gasteiger partial charge in [0.1, 0.15) is 17.4 Å². The summed E-state index contributed by atoms with van der Waals surface area (Å²) in [5.41, 5.74) is 1.68. The van der Waals surface area contributed by atoms with E-state index in [9.17, 15) is 14.2 Å². The lowest BCUT2D eigenvalue weighted by atomic mass is 10.1. The molecule has 1 atom stereocenters. The largest absolute Gasteiger partial charge is 0.464 e. The van der Waals surface area contributed by atoms with E-state index in [1.165, 1.54) is 0 Å². The molecule has 9 nitrogen and oxygen atoms in total. The highest BCUT2D eigenvalue weighted by atomic mass is 31.2. The predicted molar refractivity (Wildman–Crippen MR) is 165 cm³/mol. The molecule has 1 fully saturated rings. The second-order valence-corrected chi connectivity index (χ2v) is 13.2. The molecule has 0 bridgehead atoms. The van der Waals surface area contributed by atoms with Crippen molar-refractivity contribution in [3.8, 4) is 5.75 Å². The Morgan fingerprint density at radius 2 is 1.43 bits per heavy atom. The summed E-state index contributed by atoms with van der Waals surface area (Å²) in [5, 5.41) is 2.65. The predicted octanol–water partition coefficient (Wildman–Crippen LogP) is 6.98. The van der Waals surface area contributed by atoms with Crippen molar-refractivity contribution in [1.29, 1.82) is 0 Å². The van der Waals surface area contributed by atoms with Gasteiger partial charge in [0.15, 0.2) is 0 Å². The smallest absolute Gasteiger partial charge is 0.449 e.